The molecule has 1 N–H and O–H groups in total. The van der Waals surface area contributed by atoms with Crippen LogP contribution >= 0.6 is 0 Å². The zero-order valence-electron chi connectivity index (χ0n) is 20.4. The molecule has 1 aliphatic heterocycles. The number of carbonyl (C=O) groups is 1. The van der Waals surface area contributed by atoms with Crippen LogP contribution in [0, 0.1) is 6.92 Å². The highest BCUT2D eigenvalue weighted by Crippen LogP contribution is 2.28. The van der Waals surface area contributed by atoms with Crippen molar-refractivity contribution in [2.24, 2.45) is 7.05 Å². The van der Waals surface area contributed by atoms with Gasteiger partial charge in [0.15, 0.2) is 0 Å². The van der Waals surface area contributed by atoms with Gasteiger partial charge >= 0.3 is 0 Å². The maximum Gasteiger partial charge on any atom is 0.255 e. The zero-order valence-corrected chi connectivity index (χ0v) is 20.4. The van der Waals surface area contributed by atoms with E-state index in [1.807, 2.05) is 49.4 Å². The van der Waals surface area contributed by atoms with Crippen molar-refractivity contribution in [1.82, 2.24) is 9.47 Å². The largest absolute Gasteiger partial charge is 0.322 e. The summed E-state index contributed by atoms with van der Waals surface area (Å²) in [4.78, 5) is 28.1. The molecule has 178 valence electrons. The van der Waals surface area contributed by atoms with Crippen molar-refractivity contribution < 1.29 is 4.79 Å². The van der Waals surface area contributed by atoms with Crippen LogP contribution in [0.2, 0.25) is 0 Å². The quantitative estimate of drug-likeness (QED) is 0.408. The number of hydrogen-bond acceptors (Lipinski definition) is 3. The maximum absolute atomic E-state index is 13.3. The fourth-order valence-electron chi connectivity index (χ4n) is 5.03. The molecule has 1 saturated heterocycles. The average Bonchev–Trinajstić information content (AvgIpc) is 2.89. The number of aromatic nitrogens is 1. The molecule has 0 bridgehead atoms. The fourth-order valence-corrected chi connectivity index (χ4v) is 5.03. The lowest BCUT2D eigenvalue weighted by molar-refractivity contribution is 0.102. The normalized spacial score (nSPS) is 14.2. The summed E-state index contributed by atoms with van der Waals surface area (Å²) in [6, 6.07) is 23.9. The summed E-state index contributed by atoms with van der Waals surface area (Å²) < 4.78 is 1.63. The number of pyridine rings is 1. The van der Waals surface area contributed by atoms with Gasteiger partial charge in [-0.3, -0.25) is 14.5 Å². The SMILES string of the molecule is Cc1cc2ccc(NC(=O)c3ccc(-c4ccccc4)c(CN4CCCCC4)c3)cc2n(C)c1=O. The minimum Gasteiger partial charge on any atom is -0.322 e. The Labute approximate surface area is 206 Å². The molecule has 4 aromatic rings. The number of piperidine rings is 1. The summed E-state index contributed by atoms with van der Waals surface area (Å²) in [5, 5.41) is 4.00. The Morgan fingerprint density at radius 2 is 1.69 bits per heavy atom. The molecule has 5 nitrogen and oxygen atoms in total. The van der Waals surface area contributed by atoms with E-state index in [9.17, 15) is 9.59 Å². The molecule has 5 rings (SSSR count). The number of likely N-dealkylation sites (tertiary alicyclic amines) is 1. The third kappa shape index (κ3) is 4.91. The lowest BCUT2D eigenvalue weighted by Crippen LogP contribution is -2.29. The van der Waals surface area contributed by atoms with Crippen molar-refractivity contribution in [1.29, 1.82) is 0 Å². The van der Waals surface area contributed by atoms with Gasteiger partial charge in [0.1, 0.15) is 0 Å². The number of anilines is 1. The van der Waals surface area contributed by atoms with E-state index in [1.165, 1.54) is 30.4 Å². The minimum absolute atomic E-state index is 0.0279. The number of nitrogens with one attached hydrogen (secondary N) is 1. The Morgan fingerprint density at radius 3 is 2.46 bits per heavy atom. The van der Waals surface area contributed by atoms with Gasteiger partial charge in [0.25, 0.3) is 11.5 Å². The highest BCUT2D eigenvalue weighted by Gasteiger charge is 2.16. The number of hydrogen-bond donors (Lipinski definition) is 1. The first-order chi connectivity index (χ1) is 17.0. The Hall–Kier alpha value is -3.70. The van der Waals surface area contributed by atoms with Crippen molar-refractivity contribution in [3.05, 3.63) is 99.8 Å². The standard InChI is InChI=1S/C30H31N3O2/c1-21-17-23-11-13-26(19-28(23)32(2)30(21)35)31-29(34)24-12-14-27(22-9-5-3-6-10-22)25(18-24)20-33-15-7-4-8-16-33/h3,5-6,9-14,17-19H,4,7-8,15-16,20H2,1-2H3,(H,31,34). The van der Waals surface area contributed by atoms with E-state index in [1.54, 1.807) is 11.6 Å². The molecule has 3 aromatic carbocycles. The molecular formula is C30H31N3O2. The van der Waals surface area contributed by atoms with Crippen LogP contribution in [0.25, 0.3) is 22.0 Å². The average molecular weight is 466 g/mol. The van der Waals surface area contributed by atoms with Crippen LogP contribution in [-0.4, -0.2) is 28.5 Å². The molecule has 1 aliphatic rings. The van der Waals surface area contributed by atoms with Crippen molar-refractivity contribution in [3.8, 4) is 11.1 Å². The van der Waals surface area contributed by atoms with E-state index in [-0.39, 0.29) is 11.5 Å². The van der Waals surface area contributed by atoms with Crippen LogP contribution in [-0.2, 0) is 13.6 Å². The molecule has 0 radical (unpaired) electrons. The van der Waals surface area contributed by atoms with Gasteiger partial charge in [-0.2, -0.15) is 0 Å². The molecular weight excluding hydrogens is 434 g/mol. The van der Waals surface area contributed by atoms with Crippen molar-refractivity contribution in [3.63, 3.8) is 0 Å². The molecule has 1 aromatic heterocycles. The van der Waals surface area contributed by atoms with E-state index in [0.717, 1.165) is 36.1 Å². The molecule has 0 atom stereocenters. The van der Waals surface area contributed by atoms with Crippen LogP contribution in [0.5, 0.6) is 0 Å². The van der Waals surface area contributed by atoms with Crippen LogP contribution in [0.1, 0.15) is 40.7 Å². The third-order valence-corrected chi connectivity index (χ3v) is 6.96. The van der Waals surface area contributed by atoms with Gasteiger partial charge in [0.2, 0.25) is 0 Å². The fraction of sp³-hybridized carbons (Fsp3) is 0.267. The molecule has 5 heteroatoms. The third-order valence-electron chi connectivity index (χ3n) is 6.96. The predicted octanol–water partition coefficient (Wildman–Crippen LogP) is 5.75. The number of benzene rings is 3. The van der Waals surface area contributed by atoms with E-state index in [0.29, 0.717) is 16.8 Å². The lowest BCUT2D eigenvalue weighted by Gasteiger charge is -2.27. The second-order valence-electron chi connectivity index (χ2n) is 9.49. The Morgan fingerprint density at radius 1 is 0.914 bits per heavy atom. The first-order valence-electron chi connectivity index (χ1n) is 12.3. The van der Waals surface area contributed by atoms with Gasteiger partial charge in [-0.15, -0.1) is 0 Å². The predicted molar refractivity (Wildman–Crippen MR) is 143 cm³/mol. The molecule has 0 saturated carbocycles. The molecule has 0 aliphatic carbocycles. The van der Waals surface area contributed by atoms with Gasteiger partial charge in [-0.1, -0.05) is 48.9 Å². The number of fused-ring (bicyclic) bond motifs is 1. The monoisotopic (exact) mass is 465 g/mol. The molecule has 0 unspecified atom stereocenters. The van der Waals surface area contributed by atoms with Gasteiger partial charge in [0.05, 0.1) is 5.52 Å². The topological polar surface area (TPSA) is 54.3 Å². The second-order valence-corrected chi connectivity index (χ2v) is 9.49. The van der Waals surface area contributed by atoms with Crippen LogP contribution in [0.3, 0.4) is 0 Å². The van der Waals surface area contributed by atoms with Crippen LogP contribution in [0.15, 0.2) is 77.6 Å². The number of nitrogens with zero attached hydrogens (tertiary/aromatic N) is 2. The zero-order chi connectivity index (χ0) is 24.4. The molecule has 2 heterocycles. The second kappa shape index (κ2) is 9.88. The Bertz CT molecular complexity index is 1430. The number of aryl methyl sites for hydroxylation is 2. The lowest BCUT2D eigenvalue weighted by atomic mass is 9.96. The molecule has 1 fully saturated rings. The maximum atomic E-state index is 13.3. The summed E-state index contributed by atoms with van der Waals surface area (Å²) in [7, 11) is 1.76. The van der Waals surface area contributed by atoms with Gasteiger partial charge in [0, 0.05) is 30.4 Å². The number of carbonyl (C=O) groups excluding carboxylic acids is 1. The number of rotatable bonds is 5. The van der Waals surface area contributed by atoms with Crippen LogP contribution in [0.4, 0.5) is 5.69 Å². The van der Waals surface area contributed by atoms with E-state index in [2.05, 4.69) is 40.5 Å². The van der Waals surface area contributed by atoms with Crippen molar-refractivity contribution in [2.75, 3.05) is 18.4 Å². The smallest absolute Gasteiger partial charge is 0.255 e. The summed E-state index contributed by atoms with van der Waals surface area (Å²) in [6.07, 6.45) is 3.75. The van der Waals surface area contributed by atoms with E-state index < -0.39 is 0 Å². The number of amides is 1. The highest BCUT2D eigenvalue weighted by molar-refractivity contribution is 6.05. The molecule has 0 spiro atoms. The van der Waals surface area contributed by atoms with Crippen molar-refractivity contribution >= 4 is 22.5 Å². The first-order valence-corrected chi connectivity index (χ1v) is 12.3. The summed E-state index contributed by atoms with van der Waals surface area (Å²) in [5.41, 5.74) is 6.28. The van der Waals surface area contributed by atoms with Gasteiger partial charge < -0.3 is 9.88 Å². The van der Waals surface area contributed by atoms with Gasteiger partial charge in [-0.05, 0) is 85.3 Å². The van der Waals surface area contributed by atoms with E-state index >= 15 is 0 Å². The summed E-state index contributed by atoms with van der Waals surface area (Å²) >= 11 is 0. The molecule has 1 amide bonds. The van der Waals surface area contributed by atoms with Crippen molar-refractivity contribution in [2.45, 2.75) is 32.7 Å². The molecule has 35 heavy (non-hydrogen) atoms. The summed E-state index contributed by atoms with van der Waals surface area (Å²) in [5.74, 6) is -0.152. The van der Waals surface area contributed by atoms with E-state index in [4.69, 9.17) is 0 Å². The Kier molecular flexibility index (Phi) is 6.51. The highest BCUT2D eigenvalue weighted by atomic mass is 16.1. The summed E-state index contributed by atoms with van der Waals surface area (Å²) in [6.45, 7) is 4.85. The minimum atomic E-state index is -0.152. The van der Waals surface area contributed by atoms with Gasteiger partial charge in [-0.25, -0.2) is 0 Å². The Balaban J connectivity index is 1.45. The first kappa shape index (κ1) is 23.1. The van der Waals surface area contributed by atoms with Crippen LogP contribution < -0.4 is 10.9 Å².